The molecule has 1 aromatic rings. The molecule has 0 saturated carbocycles. The van der Waals surface area contributed by atoms with Crippen molar-refractivity contribution in [3.63, 3.8) is 0 Å². The van der Waals surface area contributed by atoms with E-state index in [4.69, 9.17) is 0 Å². The van der Waals surface area contributed by atoms with Gasteiger partial charge in [0.05, 0.1) is 30.7 Å². The summed E-state index contributed by atoms with van der Waals surface area (Å²) in [7, 11) is 1.38. The van der Waals surface area contributed by atoms with Gasteiger partial charge in [-0.1, -0.05) is 0 Å². The Balaban J connectivity index is 1.90. The predicted octanol–water partition coefficient (Wildman–Crippen LogP) is 0.739. The number of aryl methyl sites for hydroxylation is 2. The summed E-state index contributed by atoms with van der Waals surface area (Å²) in [4.78, 5) is 27.5. The van der Waals surface area contributed by atoms with Gasteiger partial charge in [0.1, 0.15) is 0 Å². The van der Waals surface area contributed by atoms with Crippen LogP contribution in [0.2, 0.25) is 0 Å². The van der Waals surface area contributed by atoms with Crippen molar-refractivity contribution >= 4 is 17.7 Å². The lowest BCUT2D eigenvalue weighted by atomic mass is 10.3. The fraction of sp³-hybridized carbons (Fsp3) is 0.643. The number of H-pyrrole nitrogens is 1. The van der Waals surface area contributed by atoms with E-state index in [-0.39, 0.29) is 18.5 Å². The third kappa shape index (κ3) is 3.97. The standard InChI is InChI=1S/C14H23N5O3/c1-10-13(11(2)17-16-10)15-14(21)19-6-4-5-18(7-8-19)9-12(20)22-3/h4-9H2,1-3H3,(H,15,21)(H,16,17). The third-order valence-corrected chi connectivity index (χ3v) is 3.82. The number of aromatic amines is 1. The molecule has 0 aromatic carbocycles. The minimum Gasteiger partial charge on any atom is -0.468 e. The molecule has 2 N–H and O–H groups in total. The van der Waals surface area contributed by atoms with Gasteiger partial charge in [0.15, 0.2) is 0 Å². The first-order chi connectivity index (χ1) is 10.5. The summed E-state index contributed by atoms with van der Waals surface area (Å²) in [5.41, 5.74) is 2.35. The van der Waals surface area contributed by atoms with Crippen molar-refractivity contribution in [2.75, 3.05) is 45.2 Å². The Kier molecular flexibility index (Phi) is 5.37. The highest BCUT2D eigenvalue weighted by atomic mass is 16.5. The van der Waals surface area contributed by atoms with E-state index in [0.29, 0.717) is 19.6 Å². The molecular formula is C14H23N5O3. The first-order valence-electron chi connectivity index (χ1n) is 7.38. The minimum atomic E-state index is -0.248. The molecule has 1 fully saturated rings. The number of methoxy groups -OCH3 is 1. The van der Waals surface area contributed by atoms with Gasteiger partial charge in [0.2, 0.25) is 0 Å². The zero-order valence-electron chi connectivity index (χ0n) is 13.3. The normalized spacial score (nSPS) is 16.2. The number of anilines is 1. The second kappa shape index (κ2) is 7.26. The minimum absolute atomic E-state index is 0.132. The van der Waals surface area contributed by atoms with Crippen LogP contribution in [-0.2, 0) is 9.53 Å². The average molecular weight is 309 g/mol. The van der Waals surface area contributed by atoms with Crippen LogP contribution in [0, 0.1) is 13.8 Å². The Labute approximate surface area is 129 Å². The topological polar surface area (TPSA) is 90.6 Å². The largest absolute Gasteiger partial charge is 0.468 e. The number of nitrogens with one attached hydrogen (secondary N) is 2. The highest BCUT2D eigenvalue weighted by Crippen LogP contribution is 2.17. The Morgan fingerprint density at radius 1 is 1.27 bits per heavy atom. The predicted molar refractivity (Wildman–Crippen MR) is 81.7 cm³/mol. The fourth-order valence-corrected chi connectivity index (χ4v) is 2.50. The molecule has 8 nitrogen and oxygen atoms in total. The molecule has 1 aliphatic rings. The van der Waals surface area contributed by atoms with E-state index in [1.807, 2.05) is 18.7 Å². The summed E-state index contributed by atoms with van der Waals surface area (Å²) in [5, 5.41) is 9.82. The first-order valence-corrected chi connectivity index (χ1v) is 7.38. The van der Waals surface area contributed by atoms with Crippen LogP contribution in [-0.4, -0.2) is 71.8 Å². The van der Waals surface area contributed by atoms with E-state index in [0.717, 1.165) is 30.0 Å². The zero-order chi connectivity index (χ0) is 16.1. The smallest absolute Gasteiger partial charge is 0.321 e. The molecule has 0 bridgehead atoms. The van der Waals surface area contributed by atoms with Crippen LogP contribution in [0.15, 0.2) is 0 Å². The molecule has 22 heavy (non-hydrogen) atoms. The van der Waals surface area contributed by atoms with Crippen molar-refractivity contribution in [3.8, 4) is 0 Å². The maximum Gasteiger partial charge on any atom is 0.321 e. The molecule has 1 saturated heterocycles. The van der Waals surface area contributed by atoms with Gasteiger partial charge in [-0.25, -0.2) is 4.79 Å². The van der Waals surface area contributed by atoms with Crippen molar-refractivity contribution < 1.29 is 14.3 Å². The van der Waals surface area contributed by atoms with E-state index in [2.05, 4.69) is 20.3 Å². The molecule has 1 aromatic heterocycles. The highest BCUT2D eigenvalue weighted by Gasteiger charge is 2.21. The van der Waals surface area contributed by atoms with Crippen LogP contribution in [0.3, 0.4) is 0 Å². The number of ether oxygens (including phenoxy) is 1. The summed E-state index contributed by atoms with van der Waals surface area (Å²) in [6.45, 7) is 6.68. The van der Waals surface area contributed by atoms with Crippen LogP contribution in [0.4, 0.5) is 10.5 Å². The maximum absolute atomic E-state index is 12.4. The fourth-order valence-electron chi connectivity index (χ4n) is 2.50. The molecule has 2 amide bonds. The van der Waals surface area contributed by atoms with E-state index in [9.17, 15) is 9.59 Å². The van der Waals surface area contributed by atoms with Crippen LogP contribution in [0.1, 0.15) is 17.8 Å². The van der Waals surface area contributed by atoms with E-state index >= 15 is 0 Å². The molecular weight excluding hydrogens is 286 g/mol. The van der Waals surface area contributed by atoms with E-state index < -0.39 is 0 Å². The lowest BCUT2D eigenvalue weighted by molar-refractivity contribution is -0.141. The number of rotatable bonds is 3. The molecule has 2 rings (SSSR count). The lowest BCUT2D eigenvalue weighted by Crippen LogP contribution is -2.39. The lowest BCUT2D eigenvalue weighted by Gasteiger charge is -2.21. The molecule has 1 aliphatic heterocycles. The third-order valence-electron chi connectivity index (χ3n) is 3.82. The molecule has 8 heteroatoms. The summed E-state index contributed by atoms with van der Waals surface area (Å²) >= 11 is 0. The molecule has 0 aliphatic carbocycles. The number of aromatic nitrogens is 2. The van der Waals surface area contributed by atoms with Crippen molar-refractivity contribution in [3.05, 3.63) is 11.4 Å². The average Bonchev–Trinajstić information content (AvgIpc) is 2.71. The molecule has 0 unspecified atom stereocenters. The van der Waals surface area contributed by atoms with Crippen LogP contribution in [0.5, 0.6) is 0 Å². The molecule has 0 radical (unpaired) electrons. The van der Waals surface area contributed by atoms with Crippen molar-refractivity contribution in [1.82, 2.24) is 20.0 Å². The first kappa shape index (κ1) is 16.3. The van der Waals surface area contributed by atoms with E-state index in [1.165, 1.54) is 7.11 Å². The van der Waals surface area contributed by atoms with Gasteiger partial charge in [-0.2, -0.15) is 5.10 Å². The van der Waals surface area contributed by atoms with Gasteiger partial charge in [0, 0.05) is 26.2 Å². The van der Waals surface area contributed by atoms with Gasteiger partial charge in [-0.3, -0.25) is 14.8 Å². The Bertz CT molecular complexity index is 523. The monoisotopic (exact) mass is 309 g/mol. The van der Waals surface area contributed by atoms with Crippen LogP contribution >= 0.6 is 0 Å². The second-order valence-electron chi connectivity index (χ2n) is 5.43. The van der Waals surface area contributed by atoms with Gasteiger partial charge >= 0.3 is 12.0 Å². The van der Waals surface area contributed by atoms with Gasteiger partial charge in [0.25, 0.3) is 0 Å². The number of hydrogen-bond donors (Lipinski definition) is 2. The molecule has 122 valence electrons. The quantitative estimate of drug-likeness (QED) is 0.804. The van der Waals surface area contributed by atoms with Gasteiger partial charge < -0.3 is 15.0 Å². The molecule has 0 spiro atoms. The van der Waals surface area contributed by atoms with Crippen molar-refractivity contribution in [2.45, 2.75) is 20.3 Å². The number of esters is 1. The number of carbonyl (C=O) groups excluding carboxylic acids is 2. The van der Waals surface area contributed by atoms with Crippen LogP contribution < -0.4 is 5.32 Å². The Hall–Kier alpha value is -2.09. The summed E-state index contributed by atoms with van der Waals surface area (Å²) in [5.74, 6) is -0.248. The zero-order valence-corrected chi connectivity index (χ0v) is 13.3. The summed E-state index contributed by atoms with van der Waals surface area (Å²) in [6.07, 6.45) is 0.827. The molecule has 0 atom stereocenters. The number of amides is 2. The highest BCUT2D eigenvalue weighted by molar-refractivity contribution is 5.90. The maximum atomic E-state index is 12.4. The van der Waals surface area contributed by atoms with Crippen molar-refractivity contribution in [1.29, 1.82) is 0 Å². The van der Waals surface area contributed by atoms with Gasteiger partial charge in [-0.15, -0.1) is 0 Å². The van der Waals surface area contributed by atoms with E-state index in [1.54, 1.807) is 4.90 Å². The number of carbonyl (C=O) groups is 2. The Morgan fingerprint density at radius 2 is 2.05 bits per heavy atom. The molecule has 2 heterocycles. The number of hydrogen-bond acceptors (Lipinski definition) is 5. The van der Waals surface area contributed by atoms with Gasteiger partial charge in [-0.05, 0) is 20.3 Å². The number of nitrogens with zero attached hydrogens (tertiary/aromatic N) is 3. The van der Waals surface area contributed by atoms with Crippen LogP contribution in [0.25, 0.3) is 0 Å². The SMILES string of the molecule is COC(=O)CN1CCCN(C(=O)Nc2c(C)n[nH]c2C)CC1. The Morgan fingerprint density at radius 3 is 2.68 bits per heavy atom. The second-order valence-corrected chi connectivity index (χ2v) is 5.43. The summed E-state index contributed by atoms with van der Waals surface area (Å²) < 4.78 is 4.68. The van der Waals surface area contributed by atoms with Crippen molar-refractivity contribution in [2.24, 2.45) is 0 Å². The number of urea groups is 1. The summed E-state index contributed by atoms with van der Waals surface area (Å²) in [6, 6.07) is -0.132.